The molecular formula is C17H20N2O2S. The van der Waals surface area contributed by atoms with Crippen molar-refractivity contribution in [1.82, 2.24) is 10.3 Å². The lowest BCUT2D eigenvalue weighted by Gasteiger charge is -2.08. The molecule has 0 aliphatic carbocycles. The van der Waals surface area contributed by atoms with Crippen molar-refractivity contribution in [2.45, 2.75) is 25.3 Å². The summed E-state index contributed by atoms with van der Waals surface area (Å²) in [6, 6.07) is 9.95. The number of ether oxygens (including phenoxy) is 1. The molecule has 0 atom stereocenters. The minimum atomic E-state index is 0.0155. The minimum absolute atomic E-state index is 0.0155. The van der Waals surface area contributed by atoms with Gasteiger partial charge in [-0.15, -0.1) is 11.8 Å². The van der Waals surface area contributed by atoms with E-state index in [0.29, 0.717) is 18.2 Å². The zero-order valence-electron chi connectivity index (χ0n) is 13.1. The lowest BCUT2D eigenvalue weighted by atomic mass is 10.2. The Morgan fingerprint density at radius 1 is 1.27 bits per heavy atom. The Morgan fingerprint density at radius 3 is 2.77 bits per heavy atom. The summed E-state index contributed by atoms with van der Waals surface area (Å²) in [5, 5.41) is 2.90. The molecule has 1 aromatic heterocycles. The second kappa shape index (κ2) is 7.84. The molecule has 0 saturated carbocycles. The first-order valence-electron chi connectivity index (χ1n) is 7.04. The molecule has 5 heteroatoms. The average Bonchev–Trinajstić information content (AvgIpc) is 2.54. The molecule has 1 N–H and O–H groups in total. The van der Waals surface area contributed by atoms with Gasteiger partial charge in [-0.2, -0.15) is 0 Å². The fourth-order valence-corrected chi connectivity index (χ4v) is 2.85. The molecule has 22 heavy (non-hydrogen) atoms. The number of nitrogens with one attached hydrogen (secondary N) is 1. The Balaban J connectivity index is 1.81. The van der Waals surface area contributed by atoms with Crippen LogP contribution in [0, 0.1) is 13.8 Å². The van der Waals surface area contributed by atoms with Gasteiger partial charge in [-0.25, -0.2) is 4.98 Å². The highest BCUT2D eigenvalue weighted by Crippen LogP contribution is 2.23. The van der Waals surface area contributed by atoms with Gasteiger partial charge in [0.1, 0.15) is 0 Å². The van der Waals surface area contributed by atoms with E-state index in [1.807, 2.05) is 6.07 Å². The van der Waals surface area contributed by atoms with Crippen molar-refractivity contribution in [3.63, 3.8) is 0 Å². The van der Waals surface area contributed by atoms with Crippen LogP contribution in [0.3, 0.4) is 0 Å². The van der Waals surface area contributed by atoms with Gasteiger partial charge in [0.25, 0.3) is 0 Å². The van der Waals surface area contributed by atoms with E-state index < -0.39 is 0 Å². The van der Waals surface area contributed by atoms with Crippen LogP contribution in [-0.4, -0.2) is 23.8 Å². The van der Waals surface area contributed by atoms with E-state index in [1.165, 1.54) is 11.1 Å². The predicted molar refractivity (Wildman–Crippen MR) is 89.3 cm³/mol. The van der Waals surface area contributed by atoms with Crippen LogP contribution in [0.1, 0.15) is 16.7 Å². The smallest absolute Gasteiger partial charge is 0.230 e. The fraction of sp³-hybridized carbons (Fsp3) is 0.294. The van der Waals surface area contributed by atoms with Gasteiger partial charge in [0.15, 0.2) is 0 Å². The average molecular weight is 316 g/mol. The molecule has 2 aromatic rings. The van der Waals surface area contributed by atoms with Gasteiger partial charge in [0.2, 0.25) is 11.8 Å². The molecule has 0 unspecified atom stereocenters. The van der Waals surface area contributed by atoms with Crippen LogP contribution in [0.15, 0.2) is 41.4 Å². The van der Waals surface area contributed by atoms with Crippen molar-refractivity contribution in [2.75, 3.05) is 12.9 Å². The predicted octanol–water partition coefficient (Wildman–Crippen LogP) is 3.12. The summed E-state index contributed by atoms with van der Waals surface area (Å²) in [7, 11) is 1.58. The van der Waals surface area contributed by atoms with Crippen molar-refractivity contribution in [3.8, 4) is 5.88 Å². The van der Waals surface area contributed by atoms with Crippen LogP contribution in [0.25, 0.3) is 0 Å². The third-order valence-electron chi connectivity index (χ3n) is 3.20. The van der Waals surface area contributed by atoms with Crippen LogP contribution in [0.4, 0.5) is 0 Å². The molecular weight excluding hydrogens is 296 g/mol. The standard InChI is InChI=1S/C17H20N2O2S/c1-12-4-5-13(2)15(8-12)22-11-16(20)18-9-14-6-7-17(21-3)19-10-14/h4-8,10H,9,11H2,1-3H3,(H,18,20). The summed E-state index contributed by atoms with van der Waals surface area (Å²) >= 11 is 1.56. The van der Waals surface area contributed by atoms with Crippen LogP contribution in [-0.2, 0) is 11.3 Å². The summed E-state index contributed by atoms with van der Waals surface area (Å²) in [6.07, 6.45) is 1.71. The highest BCUT2D eigenvalue weighted by atomic mass is 32.2. The number of pyridine rings is 1. The van der Waals surface area contributed by atoms with Crippen molar-refractivity contribution < 1.29 is 9.53 Å². The number of benzene rings is 1. The number of aryl methyl sites for hydroxylation is 2. The van der Waals surface area contributed by atoms with Gasteiger partial charge in [-0.3, -0.25) is 4.79 Å². The highest BCUT2D eigenvalue weighted by Gasteiger charge is 2.05. The fourth-order valence-electron chi connectivity index (χ4n) is 1.89. The van der Waals surface area contributed by atoms with Crippen LogP contribution < -0.4 is 10.1 Å². The molecule has 1 aromatic carbocycles. The highest BCUT2D eigenvalue weighted by molar-refractivity contribution is 8.00. The normalized spacial score (nSPS) is 10.3. The second-order valence-corrected chi connectivity index (χ2v) is 6.06. The molecule has 0 aliphatic heterocycles. The van der Waals surface area contributed by atoms with E-state index in [9.17, 15) is 4.79 Å². The molecule has 2 rings (SSSR count). The summed E-state index contributed by atoms with van der Waals surface area (Å²) < 4.78 is 5.00. The number of carbonyl (C=O) groups excluding carboxylic acids is 1. The van der Waals surface area contributed by atoms with Crippen molar-refractivity contribution in [2.24, 2.45) is 0 Å². The monoisotopic (exact) mass is 316 g/mol. The molecule has 1 heterocycles. The van der Waals surface area contributed by atoms with E-state index in [-0.39, 0.29) is 5.91 Å². The number of hydrogen-bond donors (Lipinski definition) is 1. The topological polar surface area (TPSA) is 51.2 Å². The molecule has 1 amide bonds. The third-order valence-corrected chi connectivity index (χ3v) is 4.36. The first-order chi connectivity index (χ1) is 10.6. The number of hydrogen-bond acceptors (Lipinski definition) is 4. The maximum atomic E-state index is 11.9. The lowest BCUT2D eigenvalue weighted by Crippen LogP contribution is -2.24. The summed E-state index contributed by atoms with van der Waals surface area (Å²) in [4.78, 5) is 17.2. The van der Waals surface area contributed by atoms with E-state index in [4.69, 9.17) is 4.74 Å². The third kappa shape index (κ3) is 4.77. The van der Waals surface area contributed by atoms with E-state index in [0.717, 1.165) is 10.5 Å². The van der Waals surface area contributed by atoms with Gasteiger partial charge in [0.05, 0.1) is 12.9 Å². The second-order valence-electron chi connectivity index (χ2n) is 5.04. The maximum absolute atomic E-state index is 11.9. The first-order valence-corrected chi connectivity index (χ1v) is 8.02. The van der Waals surface area contributed by atoms with Crippen LogP contribution >= 0.6 is 11.8 Å². The number of amides is 1. The van der Waals surface area contributed by atoms with Crippen LogP contribution in [0.5, 0.6) is 5.88 Å². The Labute approximate surface area is 135 Å². The Kier molecular flexibility index (Phi) is 5.83. The Bertz CT molecular complexity index is 642. The van der Waals surface area contributed by atoms with Crippen molar-refractivity contribution in [1.29, 1.82) is 0 Å². The maximum Gasteiger partial charge on any atom is 0.230 e. The minimum Gasteiger partial charge on any atom is -0.481 e. The summed E-state index contributed by atoms with van der Waals surface area (Å²) in [5.41, 5.74) is 3.35. The Hall–Kier alpha value is -2.01. The number of aromatic nitrogens is 1. The van der Waals surface area contributed by atoms with Crippen molar-refractivity contribution >= 4 is 17.7 Å². The van der Waals surface area contributed by atoms with Gasteiger partial charge in [0, 0.05) is 23.7 Å². The first kappa shape index (κ1) is 16.4. The molecule has 116 valence electrons. The molecule has 0 fully saturated rings. The number of carbonyl (C=O) groups is 1. The van der Waals surface area contributed by atoms with Gasteiger partial charge >= 0.3 is 0 Å². The SMILES string of the molecule is COc1ccc(CNC(=O)CSc2cc(C)ccc2C)cn1. The van der Waals surface area contributed by atoms with Gasteiger partial charge in [-0.05, 0) is 31.0 Å². The molecule has 4 nitrogen and oxygen atoms in total. The summed E-state index contributed by atoms with van der Waals surface area (Å²) in [6.45, 7) is 4.59. The van der Waals surface area contributed by atoms with Gasteiger partial charge in [-0.1, -0.05) is 23.8 Å². The molecule has 0 radical (unpaired) electrons. The number of nitrogens with zero attached hydrogens (tertiary/aromatic N) is 1. The number of rotatable bonds is 6. The quantitative estimate of drug-likeness (QED) is 0.832. The zero-order chi connectivity index (χ0) is 15.9. The van der Waals surface area contributed by atoms with Gasteiger partial charge < -0.3 is 10.1 Å². The Morgan fingerprint density at radius 2 is 2.09 bits per heavy atom. The van der Waals surface area contributed by atoms with E-state index in [2.05, 4.69) is 42.3 Å². The zero-order valence-corrected chi connectivity index (χ0v) is 13.9. The number of methoxy groups -OCH3 is 1. The van der Waals surface area contributed by atoms with E-state index >= 15 is 0 Å². The largest absolute Gasteiger partial charge is 0.481 e. The lowest BCUT2D eigenvalue weighted by molar-refractivity contribution is -0.118. The summed E-state index contributed by atoms with van der Waals surface area (Å²) in [5.74, 6) is 0.996. The van der Waals surface area contributed by atoms with E-state index in [1.54, 1.807) is 31.1 Å². The van der Waals surface area contributed by atoms with Crippen LogP contribution in [0.2, 0.25) is 0 Å². The molecule has 0 saturated heterocycles. The van der Waals surface area contributed by atoms with Crippen molar-refractivity contribution in [3.05, 3.63) is 53.2 Å². The molecule has 0 bridgehead atoms. The number of thioether (sulfide) groups is 1. The molecule has 0 spiro atoms. The molecule has 0 aliphatic rings.